The van der Waals surface area contributed by atoms with Crippen molar-refractivity contribution in [3.63, 3.8) is 0 Å². The molecule has 1 rings (SSSR count). The summed E-state index contributed by atoms with van der Waals surface area (Å²) in [4.78, 5) is 10.9. The average molecular weight is 124 g/mol. The third kappa shape index (κ3) is 1.41. The van der Waals surface area contributed by atoms with E-state index >= 15 is 0 Å². The van der Waals surface area contributed by atoms with Gasteiger partial charge in [-0.15, -0.1) is 0 Å². The van der Waals surface area contributed by atoms with Crippen LogP contribution in [0.15, 0.2) is 11.6 Å². The van der Waals surface area contributed by atoms with E-state index in [1.807, 2.05) is 6.92 Å². The summed E-state index contributed by atoms with van der Waals surface area (Å²) in [7, 11) is 0. The molecule has 1 aliphatic carbocycles. The number of Topliss-reactive ketones (excluding diaryl/α,β-unsaturated/α-hetero) is 1. The van der Waals surface area contributed by atoms with Crippen LogP contribution in [0.4, 0.5) is 0 Å². The van der Waals surface area contributed by atoms with Gasteiger partial charge in [0.05, 0.1) is 0 Å². The van der Waals surface area contributed by atoms with E-state index in [-0.39, 0.29) is 0 Å². The summed E-state index contributed by atoms with van der Waals surface area (Å²) in [5, 5.41) is 0. The van der Waals surface area contributed by atoms with Gasteiger partial charge in [-0.1, -0.05) is 13.0 Å². The number of carbonyl (C=O) groups excluding carboxylic acids is 1. The van der Waals surface area contributed by atoms with Crippen LogP contribution in [0.3, 0.4) is 0 Å². The summed E-state index contributed by atoms with van der Waals surface area (Å²) >= 11 is 0. The monoisotopic (exact) mass is 124 g/mol. The minimum absolute atomic E-state index is 0.340. The molecule has 0 spiro atoms. The van der Waals surface area contributed by atoms with Gasteiger partial charge in [-0.3, -0.25) is 4.79 Å². The lowest BCUT2D eigenvalue weighted by atomic mass is 10.1. The van der Waals surface area contributed by atoms with Gasteiger partial charge >= 0.3 is 0 Å². The second-order valence-corrected chi connectivity index (χ2v) is 2.40. The van der Waals surface area contributed by atoms with Crippen LogP contribution < -0.4 is 0 Å². The maximum absolute atomic E-state index is 10.9. The van der Waals surface area contributed by atoms with Gasteiger partial charge in [-0.25, -0.2) is 0 Å². The fourth-order valence-electron chi connectivity index (χ4n) is 1.15. The number of carbonyl (C=O) groups is 1. The molecule has 1 heteroatoms. The summed E-state index contributed by atoms with van der Waals surface area (Å²) in [5.41, 5.74) is 1.07. The van der Waals surface area contributed by atoms with Crippen molar-refractivity contribution in [3.05, 3.63) is 11.6 Å². The molecule has 0 amide bonds. The maximum atomic E-state index is 10.9. The number of ketones is 1. The quantitative estimate of drug-likeness (QED) is 0.550. The van der Waals surface area contributed by atoms with E-state index in [4.69, 9.17) is 0 Å². The van der Waals surface area contributed by atoms with Crippen LogP contribution >= 0.6 is 0 Å². The first-order valence-electron chi connectivity index (χ1n) is 3.57. The normalized spacial score (nSPS) is 17.7. The van der Waals surface area contributed by atoms with Crippen molar-refractivity contribution in [1.29, 1.82) is 0 Å². The lowest BCUT2D eigenvalue weighted by molar-refractivity contribution is -0.115. The Hall–Kier alpha value is -0.590. The molecule has 9 heavy (non-hydrogen) atoms. The Balaban J connectivity index is 2.51. The minimum atomic E-state index is 0.340. The van der Waals surface area contributed by atoms with Crippen molar-refractivity contribution < 1.29 is 4.79 Å². The molecular weight excluding hydrogens is 112 g/mol. The highest BCUT2D eigenvalue weighted by atomic mass is 16.1. The second-order valence-electron chi connectivity index (χ2n) is 2.40. The van der Waals surface area contributed by atoms with Crippen molar-refractivity contribution >= 4 is 5.78 Å². The van der Waals surface area contributed by atoms with E-state index in [0.29, 0.717) is 12.2 Å². The zero-order valence-corrected chi connectivity index (χ0v) is 5.81. The second kappa shape index (κ2) is 2.81. The zero-order chi connectivity index (χ0) is 6.69. The topological polar surface area (TPSA) is 17.1 Å². The van der Waals surface area contributed by atoms with Crippen LogP contribution in [0.5, 0.6) is 0 Å². The Bertz CT molecular complexity index is 145. The summed E-state index contributed by atoms with van der Waals surface area (Å²) in [6.45, 7) is 1.92. The molecule has 0 N–H and O–H groups in total. The Labute approximate surface area is 55.8 Å². The molecule has 0 heterocycles. The zero-order valence-electron chi connectivity index (χ0n) is 5.81. The highest BCUT2D eigenvalue weighted by Gasteiger charge is 2.09. The van der Waals surface area contributed by atoms with Crippen LogP contribution in [0.2, 0.25) is 0 Å². The highest BCUT2D eigenvalue weighted by molar-refractivity contribution is 5.95. The Morgan fingerprint density at radius 2 is 2.56 bits per heavy atom. The number of allylic oxidation sites excluding steroid dienone is 2. The first-order valence-corrected chi connectivity index (χ1v) is 3.57. The Morgan fingerprint density at radius 3 is 3.00 bits per heavy atom. The molecule has 0 aromatic carbocycles. The molecule has 1 aliphatic rings. The molecule has 1 nitrogen and oxygen atoms in total. The molecule has 0 saturated carbocycles. The van der Waals surface area contributed by atoms with Crippen LogP contribution in [-0.2, 0) is 4.79 Å². The SMILES string of the molecule is CCC(=O)C1=CCCC1. The third-order valence-corrected chi connectivity index (χ3v) is 1.72. The molecule has 0 radical (unpaired) electrons. The summed E-state index contributed by atoms with van der Waals surface area (Å²) in [6, 6.07) is 0. The summed E-state index contributed by atoms with van der Waals surface area (Å²) in [5.74, 6) is 0.340. The Kier molecular flexibility index (Phi) is 2.04. The molecule has 0 aliphatic heterocycles. The molecule has 0 unspecified atom stereocenters. The lowest BCUT2D eigenvalue weighted by Crippen LogP contribution is -1.96. The van der Waals surface area contributed by atoms with Gasteiger partial charge in [-0.2, -0.15) is 0 Å². The molecule has 50 valence electrons. The average Bonchev–Trinajstić information content (AvgIpc) is 2.37. The van der Waals surface area contributed by atoms with Crippen LogP contribution in [0, 0.1) is 0 Å². The van der Waals surface area contributed by atoms with Crippen molar-refractivity contribution in [3.8, 4) is 0 Å². The van der Waals surface area contributed by atoms with Gasteiger partial charge in [0.1, 0.15) is 0 Å². The molecule has 0 atom stereocenters. The van der Waals surface area contributed by atoms with E-state index in [1.54, 1.807) is 0 Å². The van der Waals surface area contributed by atoms with Crippen molar-refractivity contribution in [2.24, 2.45) is 0 Å². The van der Waals surface area contributed by atoms with Gasteiger partial charge in [0.2, 0.25) is 0 Å². The summed E-state index contributed by atoms with van der Waals surface area (Å²) in [6.07, 6.45) is 6.06. The van der Waals surface area contributed by atoms with E-state index in [9.17, 15) is 4.79 Å². The molecule has 0 fully saturated rings. The van der Waals surface area contributed by atoms with E-state index < -0.39 is 0 Å². The van der Waals surface area contributed by atoms with E-state index in [0.717, 1.165) is 18.4 Å². The van der Waals surface area contributed by atoms with Crippen molar-refractivity contribution in [1.82, 2.24) is 0 Å². The molecular formula is C8H12O. The molecule has 0 saturated heterocycles. The lowest BCUT2D eigenvalue weighted by Gasteiger charge is -1.93. The van der Waals surface area contributed by atoms with Crippen molar-refractivity contribution in [2.75, 3.05) is 0 Å². The van der Waals surface area contributed by atoms with E-state index in [1.165, 1.54) is 6.42 Å². The number of rotatable bonds is 2. The highest BCUT2D eigenvalue weighted by Crippen LogP contribution is 2.18. The van der Waals surface area contributed by atoms with Gasteiger partial charge in [0.25, 0.3) is 0 Å². The molecule has 0 aromatic rings. The van der Waals surface area contributed by atoms with Crippen molar-refractivity contribution in [2.45, 2.75) is 32.6 Å². The molecule has 0 bridgehead atoms. The smallest absolute Gasteiger partial charge is 0.158 e. The van der Waals surface area contributed by atoms with Gasteiger partial charge < -0.3 is 0 Å². The predicted octanol–water partition coefficient (Wildman–Crippen LogP) is 2.08. The number of hydrogen-bond acceptors (Lipinski definition) is 1. The Morgan fingerprint density at radius 1 is 1.78 bits per heavy atom. The van der Waals surface area contributed by atoms with Crippen LogP contribution in [0.1, 0.15) is 32.6 Å². The standard InChI is InChI=1S/C8H12O/c1-2-8(9)7-5-3-4-6-7/h5H,2-4,6H2,1H3. The van der Waals surface area contributed by atoms with Crippen LogP contribution in [-0.4, -0.2) is 5.78 Å². The maximum Gasteiger partial charge on any atom is 0.158 e. The first-order chi connectivity index (χ1) is 4.34. The van der Waals surface area contributed by atoms with Gasteiger partial charge in [0, 0.05) is 6.42 Å². The van der Waals surface area contributed by atoms with Gasteiger partial charge in [-0.05, 0) is 24.8 Å². The van der Waals surface area contributed by atoms with Gasteiger partial charge in [0.15, 0.2) is 5.78 Å². The predicted molar refractivity (Wildman–Crippen MR) is 37.2 cm³/mol. The number of hydrogen-bond donors (Lipinski definition) is 0. The van der Waals surface area contributed by atoms with Crippen LogP contribution in [0.25, 0.3) is 0 Å². The fourth-order valence-corrected chi connectivity index (χ4v) is 1.15. The molecule has 0 aromatic heterocycles. The largest absolute Gasteiger partial charge is 0.295 e. The fraction of sp³-hybridized carbons (Fsp3) is 0.625. The summed E-state index contributed by atoms with van der Waals surface area (Å²) < 4.78 is 0. The van der Waals surface area contributed by atoms with E-state index in [2.05, 4.69) is 6.08 Å². The third-order valence-electron chi connectivity index (χ3n) is 1.72. The minimum Gasteiger partial charge on any atom is -0.295 e. The first kappa shape index (κ1) is 6.53.